The summed E-state index contributed by atoms with van der Waals surface area (Å²) in [6.07, 6.45) is 39.5. The lowest BCUT2D eigenvalue weighted by Gasteiger charge is -2.15. The van der Waals surface area contributed by atoms with E-state index in [9.17, 15) is 15.0 Å². The lowest BCUT2D eigenvalue weighted by Crippen LogP contribution is -2.26. The quantitative estimate of drug-likeness (QED) is 0.0335. The second kappa shape index (κ2) is 35.6. The summed E-state index contributed by atoms with van der Waals surface area (Å²) < 4.78 is 11.5. The molecule has 70 heavy (non-hydrogen) atoms. The smallest absolute Gasteiger partial charge is 0.347 e. The maximum absolute atomic E-state index is 12.7. The van der Waals surface area contributed by atoms with E-state index in [0.29, 0.717) is 52.4 Å². The maximum atomic E-state index is 12.7. The van der Waals surface area contributed by atoms with Crippen molar-refractivity contribution >= 4 is 5.97 Å². The number of esters is 1. The highest BCUT2D eigenvalue weighted by Crippen LogP contribution is 2.35. The summed E-state index contributed by atoms with van der Waals surface area (Å²) in [5, 5.41) is 22.9. The number of hydrogen-bond acceptors (Lipinski definition) is 8. The number of hydrogen-bond donors (Lipinski definition) is 2. The summed E-state index contributed by atoms with van der Waals surface area (Å²) in [5.74, 6) is 2.09. The van der Waals surface area contributed by atoms with E-state index in [2.05, 4.69) is 39.8 Å². The number of carbonyl (C=O) groups is 1. The zero-order valence-corrected chi connectivity index (χ0v) is 44.7. The van der Waals surface area contributed by atoms with Gasteiger partial charge >= 0.3 is 5.97 Å². The molecule has 0 radical (unpaired) electrons. The number of ether oxygens (including phenoxy) is 2. The number of unbranched alkanes of at least 4 members (excludes halogenated alkanes) is 26. The molecule has 1 unspecified atom stereocenters. The highest BCUT2D eigenvalue weighted by Gasteiger charge is 2.19. The van der Waals surface area contributed by atoms with E-state index in [1.807, 2.05) is 36.4 Å². The Kier molecular flexibility index (Phi) is 29.6. The van der Waals surface area contributed by atoms with Gasteiger partial charge in [0.05, 0.1) is 17.7 Å². The fourth-order valence-electron chi connectivity index (χ4n) is 9.34. The predicted molar refractivity (Wildman–Crippen MR) is 293 cm³/mol. The van der Waals surface area contributed by atoms with Crippen molar-refractivity contribution in [3.05, 3.63) is 71.8 Å². The fraction of sp³-hybridized carbons (Fsp3) is 0.645. The molecule has 0 aliphatic rings. The standard InChI is InChI=1S/C62H95N3O5/c1-6-8-10-12-14-16-18-20-22-24-26-28-32-36-51-38-44-55(57(66)47-51)60-63-59(53-40-42-54(43-41-53)70-50(5)62(68)69-46-34-30-31-35-49(3)4)64-61(65-60)56-45-39-52(48-58(56)67)37-33-29-27-25-23-21-19-17-15-13-11-9-7-2/h38-45,47-50,66-67H,6-37,46H2,1-5H3. The molecular weight excluding hydrogens is 867 g/mol. The zero-order valence-electron chi connectivity index (χ0n) is 44.7. The highest BCUT2D eigenvalue weighted by molar-refractivity contribution is 5.75. The topological polar surface area (TPSA) is 115 Å². The van der Waals surface area contributed by atoms with Gasteiger partial charge in [-0.15, -0.1) is 0 Å². The van der Waals surface area contributed by atoms with Crippen molar-refractivity contribution < 1.29 is 24.5 Å². The van der Waals surface area contributed by atoms with Crippen LogP contribution in [0, 0.1) is 5.92 Å². The highest BCUT2D eigenvalue weighted by atomic mass is 16.6. The molecule has 1 atom stereocenters. The largest absolute Gasteiger partial charge is 0.507 e. The van der Waals surface area contributed by atoms with E-state index < -0.39 is 6.10 Å². The van der Waals surface area contributed by atoms with Crippen LogP contribution in [0.2, 0.25) is 0 Å². The molecule has 388 valence electrons. The molecule has 4 rings (SSSR count). The van der Waals surface area contributed by atoms with Gasteiger partial charge in [0.15, 0.2) is 23.6 Å². The van der Waals surface area contributed by atoms with Gasteiger partial charge in [0.25, 0.3) is 0 Å². The minimum atomic E-state index is -0.761. The molecule has 1 heterocycles. The first-order chi connectivity index (χ1) is 34.2. The third-order valence-electron chi connectivity index (χ3n) is 13.8. The third kappa shape index (κ3) is 23.6. The van der Waals surface area contributed by atoms with Gasteiger partial charge in [-0.25, -0.2) is 19.7 Å². The average molecular weight is 962 g/mol. The van der Waals surface area contributed by atoms with E-state index in [0.717, 1.165) is 56.1 Å². The Hall–Kier alpha value is -4.46. The van der Waals surface area contributed by atoms with Crippen LogP contribution in [-0.2, 0) is 22.4 Å². The van der Waals surface area contributed by atoms with Crippen molar-refractivity contribution in [2.45, 2.75) is 246 Å². The molecule has 0 saturated carbocycles. The Labute approximate surface area is 425 Å². The molecule has 1 aromatic heterocycles. The van der Waals surface area contributed by atoms with Gasteiger partial charge in [0, 0.05) is 5.56 Å². The van der Waals surface area contributed by atoms with Crippen LogP contribution in [0.15, 0.2) is 60.7 Å². The van der Waals surface area contributed by atoms with E-state index in [1.54, 1.807) is 19.1 Å². The van der Waals surface area contributed by atoms with Crippen molar-refractivity contribution in [1.82, 2.24) is 15.0 Å². The Morgan fingerprint density at radius 1 is 0.471 bits per heavy atom. The first-order valence-corrected chi connectivity index (χ1v) is 28.5. The lowest BCUT2D eigenvalue weighted by atomic mass is 10.0. The number of phenols is 2. The van der Waals surface area contributed by atoms with Gasteiger partial charge < -0.3 is 19.7 Å². The number of phenolic OH excluding ortho intramolecular Hbond substituents is 2. The van der Waals surface area contributed by atoms with Crippen molar-refractivity contribution in [3.63, 3.8) is 0 Å². The van der Waals surface area contributed by atoms with Crippen LogP contribution in [0.5, 0.6) is 17.2 Å². The van der Waals surface area contributed by atoms with Crippen LogP contribution < -0.4 is 4.74 Å². The second-order valence-corrected chi connectivity index (χ2v) is 20.7. The molecule has 0 amide bonds. The van der Waals surface area contributed by atoms with Gasteiger partial charge in [-0.1, -0.05) is 213 Å². The molecule has 0 spiro atoms. The molecule has 0 bridgehead atoms. The first-order valence-electron chi connectivity index (χ1n) is 28.5. The summed E-state index contributed by atoms with van der Waals surface area (Å²) >= 11 is 0. The second-order valence-electron chi connectivity index (χ2n) is 20.7. The number of benzene rings is 3. The summed E-state index contributed by atoms with van der Waals surface area (Å²) in [6.45, 7) is 11.1. The normalized spacial score (nSPS) is 11.9. The van der Waals surface area contributed by atoms with Gasteiger partial charge in [-0.05, 0) is 105 Å². The van der Waals surface area contributed by atoms with Crippen LogP contribution in [0.3, 0.4) is 0 Å². The van der Waals surface area contributed by atoms with E-state index >= 15 is 0 Å². The predicted octanol–water partition coefficient (Wildman–Crippen LogP) is 18.1. The molecule has 8 nitrogen and oxygen atoms in total. The Morgan fingerprint density at radius 3 is 1.26 bits per heavy atom. The first kappa shape index (κ1) is 58.1. The van der Waals surface area contributed by atoms with Crippen LogP contribution in [0.25, 0.3) is 34.2 Å². The van der Waals surface area contributed by atoms with Crippen LogP contribution in [0.4, 0.5) is 0 Å². The molecular formula is C62H95N3O5. The average Bonchev–Trinajstić information content (AvgIpc) is 3.35. The number of aromatic hydroxyl groups is 2. The number of nitrogens with zero attached hydrogens (tertiary/aromatic N) is 3. The van der Waals surface area contributed by atoms with Crippen LogP contribution in [-0.4, -0.2) is 43.8 Å². The summed E-state index contributed by atoms with van der Waals surface area (Å²) in [7, 11) is 0. The minimum Gasteiger partial charge on any atom is -0.507 e. The number of aryl methyl sites for hydroxylation is 2. The summed E-state index contributed by atoms with van der Waals surface area (Å²) in [6, 6.07) is 18.9. The minimum absolute atomic E-state index is 0.118. The maximum Gasteiger partial charge on any atom is 0.347 e. The monoisotopic (exact) mass is 962 g/mol. The zero-order chi connectivity index (χ0) is 50.0. The van der Waals surface area contributed by atoms with Crippen molar-refractivity contribution in [2.75, 3.05) is 6.61 Å². The van der Waals surface area contributed by atoms with Crippen molar-refractivity contribution in [1.29, 1.82) is 0 Å². The number of rotatable bonds is 40. The molecule has 3 aromatic carbocycles. The molecule has 2 N–H and O–H groups in total. The van der Waals surface area contributed by atoms with E-state index in [4.69, 9.17) is 24.4 Å². The van der Waals surface area contributed by atoms with Gasteiger partial charge in [-0.3, -0.25) is 0 Å². The van der Waals surface area contributed by atoms with E-state index in [1.165, 1.54) is 161 Å². The Morgan fingerprint density at radius 2 is 0.857 bits per heavy atom. The molecule has 0 aliphatic heterocycles. The molecule has 8 heteroatoms. The molecule has 4 aromatic rings. The van der Waals surface area contributed by atoms with Crippen LogP contribution >= 0.6 is 0 Å². The molecule has 0 saturated heterocycles. The SMILES string of the molecule is CCCCCCCCCCCCCCCc1ccc(-c2nc(-c3ccc(OC(C)C(=O)OCCCCCC(C)C)cc3)nc(-c3ccc(CCCCCCCCCCCCCCC)cc3O)n2)c(O)c1. The van der Waals surface area contributed by atoms with E-state index in [-0.39, 0.29) is 17.5 Å². The lowest BCUT2D eigenvalue weighted by molar-refractivity contribution is -0.151. The van der Waals surface area contributed by atoms with Crippen molar-refractivity contribution in [2.24, 2.45) is 5.92 Å². The van der Waals surface area contributed by atoms with Crippen molar-refractivity contribution in [3.8, 4) is 51.4 Å². The Balaban J connectivity index is 1.38. The third-order valence-corrected chi connectivity index (χ3v) is 13.8. The fourth-order valence-corrected chi connectivity index (χ4v) is 9.34. The Bertz CT molecular complexity index is 1900. The molecule has 0 fully saturated rings. The molecule has 0 aliphatic carbocycles. The van der Waals surface area contributed by atoms with Gasteiger partial charge in [0.2, 0.25) is 0 Å². The number of aromatic nitrogens is 3. The van der Waals surface area contributed by atoms with Crippen LogP contribution in [0.1, 0.15) is 238 Å². The summed E-state index contributed by atoms with van der Waals surface area (Å²) in [4.78, 5) is 27.3. The summed E-state index contributed by atoms with van der Waals surface area (Å²) in [5.41, 5.74) is 3.89. The van der Waals surface area contributed by atoms with Gasteiger partial charge in [0.1, 0.15) is 17.2 Å². The van der Waals surface area contributed by atoms with Gasteiger partial charge in [-0.2, -0.15) is 0 Å². The number of carbonyl (C=O) groups excluding carboxylic acids is 1.